The topological polar surface area (TPSA) is 108 Å². The molecule has 5 atom stereocenters. The zero-order chi connectivity index (χ0) is 25.5. The molecular weight excluding hydrogens is 532 g/mol. The Labute approximate surface area is 215 Å². The fourth-order valence-electron chi connectivity index (χ4n) is 3.72. The number of carbonyl (C=O) groups is 3. The van der Waals surface area contributed by atoms with Gasteiger partial charge in [-0.15, -0.1) is 0 Å². The average Bonchev–Trinajstić information content (AvgIpc) is 2.93. The van der Waals surface area contributed by atoms with Gasteiger partial charge < -0.3 is 24.1 Å². The van der Waals surface area contributed by atoms with Gasteiger partial charge in [0.1, 0.15) is 6.10 Å². The Kier molecular flexibility index (Phi) is 8.48. The van der Waals surface area contributed by atoms with E-state index in [9.17, 15) is 19.5 Å². The van der Waals surface area contributed by atoms with Crippen molar-refractivity contribution in [1.82, 2.24) is 0 Å². The van der Waals surface area contributed by atoms with E-state index in [0.29, 0.717) is 0 Å². The molecule has 1 N–H and O–H groups in total. The Bertz CT molecular complexity index is 1170. The second-order valence-electron chi connectivity index (χ2n) is 7.93. The van der Waals surface area contributed by atoms with Crippen molar-refractivity contribution in [3.05, 3.63) is 108 Å². The first-order valence-corrected chi connectivity index (χ1v) is 12.3. The van der Waals surface area contributed by atoms with Gasteiger partial charge in [0.2, 0.25) is 0 Å². The molecule has 0 aliphatic carbocycles. The van der Waals surface area contributed by atoms with Crippen molar-refractivity contribution >= 4 is 33.8 Å². The third kappa shape index (κ3) is 5.99. The SMILES string of the molecule is O=C(O[C@@H]1[C@@H](OC(=O)c2ccccc2)[C@@H](O)O[C@H](CBr)[C@@H]1OC(=O)c1ccccc1)c1ccccc1. The summed E-state index contributed by atoms with van der Waals surface area (Å²) in [6.07, 6.45) is -6.62. The molecule has 0 radical (unpaired) electrons. The highest BCUT2D eigenvalue weighted by molar-refractivity contribution is 9.09. The van der Waals surface area contributed by atoms with E-state index in [1.54, 1.807) is 78.9 Å². The van der Waals surface area contributed by atoms with Crippen LogP contribution in [0.5, 0.6) is 0 Å². The number of alkyl halides is 1. The second kappa shape index (κ2) is 11.9. The van der Waals surface area contributed by atoms with Crippen LogP contribution in [0.25, 0.3) is 0 Å². The number of ether oxygens (including phenoxy) is 4. The predicted molar refractivity (Wildman–Crippen MR) is 132 cm³/mol. The lowest BCUT2D eigenvalue weighted by Gasteiger charge is -2.42. The normalized spacial score (nSPS) is 23.3. The molecule has 0 unspecified atom stereocenters. The molecule has 1 fully saturated rings. The lowest BCUT2D eigenvalue weighted by molar-refractivity contribution is -0.274. The monoisotopic (exact) mass is 554 g/mol. The van der Waals surface area contributed by atoms with Crippen LogP contribution in [0, 0.1) is 0 Å². The Morgan fingerprint density at radius 3 is 1.39 bits per heavy atom. The van der Waals surface area contributed by atoms with Gasteiger partial charge in [-0.2, -0.15) is 0 Å². The first kappa shape index (κ1) is 25.6. The quantitative estimate of drug-likeness (QED) is 0.267. The number of hydrogen-bond acceptors (Lipinski definition) is 8. The largest absolute Gasteiger partial charge is 0.452 e. The molecule has 8 nitrogen and oxygen atoms in total. The van der Waals surface area contributed by atoms with Crippen molar-refractivity contribution in [1.29, 1.82) is 0 Å². The second-order valence-corrected chi connectivity index (χ2v) is 8.57. The summed E-state index contributed by atoms with van der Waals surface area (Å²) in [5.74, 6) is -2.21. The van der Waals surface area contributed by atoms with E-state index in [1.807, 2.05) is 0 Å². The van der Waals surface area contributed by atoms with Gasteiger partial charge in [0.05, 0.1) is 16.7 Å². The Morgan fingerprint density at radius 2 is 1.00 bits per heavy atom. The van der Waals surface area contributed by atoms with E-state index in [2.05, 4.69) is 15.9 Å². The Hall–Kier alpha value is -3.53. The van der Waals surface area contributed by atoms with Crippen LogP contribution >= 0.6 is 15.9 Å². The number of aliphatic hydroxyl groups is 1. The van der Waals surface area contributed by atoms with Gasteiger partial charge in [-0.1, -0.05) is 70.5 Å². The maximum atomic E-state index is 13.0. The van der Waals surface area contributed by atoms with Crippen molar-refractivity contribution in [2.24, 2.45) is 0 Å². The molecule has 0 amide bonds. The Balaban J connectivity index is 1.66. The van der Waals surface area contributed by atoms with Gasteiger partial charge in [0, 0.05) is 5.33 Å². The summed E-state index contributed by atoms with van der Waals surface area (Å²) < 4.78 is 22.6. The van der Waals surface area contributed by atoms with Crippen LogP contribution in [0.3, 0.4) is 0 Å². The summed E-state index contributed by atoms with van der Waals surface area (Å²) >= 11 is 3.30. The molecule has 1 aliphatic heterocycles. The third-order valence-electron chi connectivity index (χ3n) is 5.52. The fourth-order valence-corrected chi connectivity index (χ4v) is 4.24. The van der Waals surface area contributed by atoms with Crippen molar-refractivity contribution < 1.29 is 38.4 Å². The van der Waals surface area contributed by atoms with Crippen LogP contribution < -0.4 is 0 Å². The van der Waals surface area contributed by atoms with Crippen molar-refractivity contribution in [2.45, 2.75) is 30.7 Å². The minimum Gasteiger partial charge on any atom is -0.452 e. The van der Waals surface area contributed by atoms with E-state index in [0.717, 1.165) is 0 Å². The average molecular weight is 555 g/mol. The fraction of sp³-hybridized carbons (Fsp3) is 0.222. The van der Waals surface area contributed by atoms with Crippen LogP contribution in [0.1, 0.15) is 31.1 Å². The summed E-state index contributed by atoms with van der Waals surface area (Å²) in [5, 5.41) is 10.9. The van der Waals surface area contributed by atoms with Gasteiger partial charge >= 0.3 is 17.9 Å². The highest BCUT2D eigenvalue weighted by Crippen LogP contribution is 2.30. The van der Waals surface area contributed by atoms with Crippen molar-refractivity contribution in [2.75, 3.05) is 5.33 Å². The van der Waals surface area contributed by atoms with Crippen LogP contribution in [-0.2, 0) is 18.9 Å². The number of rotatable bonds is 7. The highest BCUT2D eigenvalue weighted by Gasteiger charge is 2.51. The maximum Gasteiger partial charge on any atom is 0.338 e. The van der Waals surface area contributed by atoms with Gasteiger partial charge in [0.15, 0.2) is 24.6 Å². The molecule has 1 saturated heterocycles. The molecule has 9 heteroatoms. The van der Waals surface area contributed by atoms with E-state index in [-0.39, 0.29) is 22.0 Å². The lowest BCUT2D eigenvalue weighted by Crippen LogP contribution is -2.62. The molecule has 3 aromatic rings. The minimum absolute atomic E-state index is 0.134. The summed E-state index contributed by atoms with van der Waals surface area (Å²) in [7, 11) is 0. The molecule has 3 aromatic carbocycles. The van der Waals surface area contributed by atoms with E-state index in [4.69, 9.17) is 18.9 Å². The van der Waals surface area contributed by atoms with Crippen LogP contribution in [0.4, 0.5) is 0 Å². The lowest BCUT2D eigenvalue weighted by atomic mass is 9.98. The molecule has 1 heterocycles. The van der Waals surface area contributed by atoms with E-state index < -0.39 is 48.6 Å². The number of hydrogen-bond donors (Lipinski definition) is 1. The summed E-state index contributed by atoms with van der Waals surface area (Å²) in [6.45, 7) is 0. The molecule has 4 rings (SSSR count). The smallest absolute Gasteiger partial charge is 0.338 e. The van der Waals surface area contributed by atoms with Crippen LogP contribution in [-0.4, -0.2) is 59.1 Å². The van der Waals surface area contributed by atoms with Crippen molar-refractivity contribution in [3.8, 4) is 0 Å². The number of aliphatic hydroxyl groups excluding tert-OH is 1. The predicted octanol–water partition coefficient (Wildman–Crippen LogP) is 3.78. The summed E-state index contributed by atoms with van der Waals surface area (Å²) in [5.41, 5.74) is 0.719. The molecule has 0 bridgehead atoms. The first-order valence-electron chi connectivity index (χ1n) is 11.2. The molecule has 0 saturated carbocycles. The zero-order valence-electron chi connectivity index (χ0n) is 18.9. The van der Waals surface area contributed by atoms with Crippen LogP contribution in [0.15, 0.2) is 91.0 Å². The maximum absolute atomic E-state index is 13.0. The minimum atomic E-state index is -1.65. The number of esters is 3. The highest BCUT2D eigenvalue weighted by atomic mass is 79.9. The van der Waals surface area contributed by atoms with Crippen molar-refractivity contribution in [3.63, 3.8) is 0 Å². The van der Waals surface area contributed by atoms with Gasteiger partial charge in [-0.3, -0.25) is 0 Å². The molecule has 36 heavy (non-hydrogen) atoms. The Morgan fingerprint density at radius 1 is 0.639 bits per heavy atom. The van der Waals surface area contributed by atoms with Crippen LogP contribution in [0.2, 0.25) is 0 Å². The number of carbonyl (C=O) groups excluding carboxylic acids is 3. The third-order valence-corrected chi connectivity index (χ3v) is 6.16. The van der Waals surface area contributed by atoms with Gasteiger partial charge in [-0.25, -0.2) is 14.4 Å². The molecule has 1 aliphatic rings. The number of halogens is 1. The van der Waals surface area contributed by atoms with E-state index in [1.165, 1.54) is 12.1 Å². The van der Waals surface area contributed by atoms with Gasteiger partial charge in [-0.05, 0) is 36.4 Å². The number of benzene rings is 3. The summed E-state index contributed by atoms with van der Waals surface area (Å²) in [4.78, 5) is 38.7. The first-order chi connectivity index (χ1) is 17.5. The summed E-state index contributed by atoms with van der Waals surface area (Å²) in [6, 6.07) is 24.5. The zero-order valence-corrected chi connectivity index (χ0v) is 20.5. The van der Waals surface area contributed by atoms with E-state index >= 15 is 0 Å². The molecule has 0 spiro atoms. The standard InChI is InChI=1S/C27H23BrO8/c28-16-20-21(34-24(29)17-10-4-1-5-11-17)22(35-25(30)18-12-6-2-7-13-18)23(27(32)33-20)36-26(31)19-14-8-3-9-15-19/h1-15,20-23,27,32H,16H2/t20-,21+,22+,23-,27+/m1/s1. The van der Waals surface area contributed by atoms with Gasteiger partial charge in [0.25, 0.3) is 0 Å². The molecule has 186 valence electrons. The molecule has 0 aromatic heterocycles. The molecular formula is C27H23BrO8.